The molecular weight excluding hydrogens is 250 g/mol. The Morgan fingerprint density at radius 1 is 1.50 bits per heavy atom. The van der Waals surface area contributed by atoms with Crippen LogP contribution in [0.25, 0.3) is 0 Å². The Labute approximate surface area is 113 Å². The molecule has 1 aliphatic heterocycles. The van der Waals surface area contributed by atoms with E-state index in [1.54, 1.807) is 16.7 Å². The maximum atomic E-state index is 12.0. The van der Waals surface area contributed by atoms with Crippen LogP contribution in [0.15, 0.2) is 0 Å². The number of nitrogens with two attached hydrogens (primary N) is 1. The van der Waals surface area contributed by atoms with Gasteiger partial charge in [-0.3, -0.25) is 9.59 Å². The molecule has 5 nitrogen and oxygen atoms in total. The molecule has 0 spiro atoms. The van der Waals surface area contributed by atoms with Crippen LogP contribution >= 0.6 is 11.8 Å². The third-order valence-electron chi connectivity index (χ3n) is 2.69. The first kappa shape index (κ1) is 15.3. The molecule has 1 fully saturated rings. The van der Waals surface area contributed by atoms with E-state index in [1.807, 2.05) is 20.8 Å². The van der Waals surface area contributed by atoms with Gasteiger partial charge in [0.05, 0.1) is 5.88 Å². The Morgan fingerprint density at radius 3 is 2.72 bits per heavy atom. The van der Waals surface area contributed by atoms with Crippen LogP contribution in [-0.4, -0.2) is 46.5 Å². The Hall–Kier alpha value is -0.750. The standard InChI is InChI=1S/C12H23N3O2S/c1-4-5-10(16)15-8-18-6-9(15)11(17)14-7-12(2,3)13/h9H,4-8,13H2,1-3H3,(H,14,17). The molecule has 0 aromatic heterocycles. The summed E-state index contributed by atoms with van der Waals surface area (Å²) in [4.78, 5) is 25.6. The van der Waals surface area contributed by atoms with Crippen LogP contribution in [-0.2, 0) is 9.59 Å². The Balaban J connectivity index is 2.53. The topological polar surface area (TPSA) is 75.4 Å². The summed E-state index contributed by atoms with van der Waals surface area (Å²) in [5, 5.41) is 2.82. The van der Waals surface area contributed by atoms with Crippen molar-refractivity contribution in [2.75, 3.05) is 18.2 Å². The van der Waals surface area contributed by atoms with Gasteiger partial charge in [-0.05, 0) is 20.3 Å². The van der Waals surface area contributed by atoms with Crippen molar-refractivity contribution in [2.24, 2.45) is 5.73 Å². The highest BCUT2D eigenvalue weighted by Crippen LogP contribution is 2.22. The maximum absolute atomic E-state index is 12.0. The van der Waals surface area contributed by atoms with E-state index in [9.17, 15) is 9.59 Å². The number of rotatable bonds is 5. The van der Waals surface area contributed by atoms with Gasteiger partial charge in [0.15, 0.2) is 0 Å². The summed E-state index contributed by atoms with van der Waals surface area (Å²) in [6, 6.07) is -0.337. The number of nitrogens with zero attached hydrogens (tertiary/aromatic N) is 1. The molecular formula is C12H23N3O2S. The van der Waals surface area contributed by atoms with Crippen molar-refractivity contribution in [3.63, 3.8) is 0 Å². The first-order valence-electron chi connectivity index (χ1n) is 6.29. The van der Waals surface area contributed by atoms with E-state index in [4.69, 9.17) is 5.73 Å². The summed E-state index contributed by atoms with van der Waals surface area (Å²) in [5.41, 5.74) is 5.39. The number of carbonyl (C=O) groups is 2. The fraction of sp³-hybridized carbons (Fsp3) is 0.833. The molecule has 18 heavy (non-hydrogen) atoms. The fourth-order valence-electron chi connectivity index (χ4n) is 1.70. The molecule has 1 aliphatic rings. The first-order chi connectivity index (χ1) is 8.35. The Bertz CT molecular complexity index is 315. The molecule has 1 unspecified atom stereocenters. The summed E-state index contributed by atoms with van der Waals surface area (Å²) >= 11 is 1.62. The van der Waals surface area contributed by atoms with E-state index in [0.717, 1.165) is 6.42 Å². The zero-order valence-corrected chi connectivity index (χ0v) is 12.2. The van der Waals surface area contributed by atoms with Gasteiger partial charge in [-0.1, -0.05) is 6.92 Å². The van der Waals surface area contributed by atoms with Crippen molar-refractivity contribution in [3.8, 4) is 0 Å². The van der Waals surface area contributed by atoms with Crippen LogP contribution in [0.1, 0.15) is 33.6 Å². The molecule has 2 amide bonds. The maximum Gasteiger partial charge on any atom is 0.243 e. The van der Waals surface area contributed by atoms with Crippen LogP contribution in [0, 0.1) is 0 Å². The average molecular weight is 273 g/mol. The minimum absolute atomic E-state index is 0.0645. The van der Waals surface area contributed by atoms with Crippen molar-refractivity contribution < 1.29 is 9.59 Å². The van der Waals surface area contributed by atoms with Crippen molar-refractivity contribution >= 4 is 23.6 Å². The Morgan fingerprint density at radius 2 is 2.17 bits per heavy atom. The molecule has 0 radical (unpaired) electrons. The van der Waals surface area contributed by atoms with Gasteiger partial charge in [0, 0.05) is 24.3 Å². The molecule has 0 aromatic rings. The van der Waals surface area contributed by atoms with Gasteiger partial charge < -0.3 is 16.0 Å². The van der Waals surface area contributed by atoms with Crippen molar-refractivity contribution in [2.45, 2.75) is 45.2 Å². The molecule has 0 aromatic carbocycles. The van der Waals surface area contributed by atoms with Gasteiger partial charge in [-0.2, -0.15) is 0 Å². The lowest BCUT2D eigenvalue weighted by molar-refractivity contribution is -0.138. The van der Waals surface area contributed by atoms with E-state index in [2.05, 4.69) is 5.32 Å². The van der Waals surface area contributed by atoms with Crippen LogP contribution in [0.3, 0.4) is 0 Å². The summed E-state index contributed by atoms with van der Waals surface area (Å²) < 4.78 is 0. The highest BCUT2D eigenvalue weighted by molar-refractivity contribution is 7.99. The second-order valence-corrected chi connectivity index (χ2v) is 6.34. The fourth-order valence-corrected chi connectivity index (χ4v) is 2.88. The predicted molar refractivity (Wildman–Crippen MR) is 74.1 cm³/mol. The number of carbonyl (C=O) groups excluding carboxylic acids is 2. The number of hydrogen-bond donors (Lipinski definition) is 2. The quantitative estimate of drug-likeness (QED) is 0.766. The molecule has 0 bridgehead atoms. The number of amides is 2. The lowest BCUT2D eigenvalue weighted by Gasteiger charge is -2.25. The number of nitrogens with one attached hydrogen (secondary N) is 1. The zero-order chi connectivity index (χ0) is 13.8. The van der Waals surface area contributed by atoms with E-state index < -0.39 is 5.54 Å². The lowest BCUT2D eigenvalue weighted by Crippen LogP contribution is -2.52. The largest absolute Gasteiger partial charge is 0.352 e. The van der Waals surface area contributed by atoms with Crippen molar-refractivity contribution in [1.82, 2.24) is 10.2 Å². The van der Waals surface area contributed by atoms with E-state index in [1.165, 1.54) is 0 Å². The predicted octanol–water partition coefficient (Wildman–Crippen LogP) is 0.542. The molecule has 1 saturated heterocycles. The molecule has 1 rings (SSSR count). The SMILES string of the molecule is CCCC(=O)N1CSCC1C(=O)NCC(C)(C)N. The highest BCUT2D eigenvalue weighted by atomic mass is 32.2. The number of thioether (sulfide) groups is 1. The minimum atomic E-state index is -0.431. The van der Waals surface area contributed by atoms with Crippen LogP contribution in [0.5, 0.6) is 0 Å². The summed E-state index contributed by atoms with van der Waals surface area (Å²) in [7, 11) is 0. The van der Waals surface area contributed by atoms with Gasteiger partial charge in [-0.15, -0.1) is 11.8 Å². The zero-order valence-electron chi connectivity index (χ0n) is 11.4. The summed E-state index contributed by atoms with van der Waals surface area (Å²) in [6.07, 6.45) is 1.32. The molecule has 0 saturated carbocycles. The minimum Gasteiger partial charge on any atom is -0.352 e. The third-order valence-corrected chi connectivity index (χ3v) is 3.70. The Kier molecular flexibility index (Phi) is 5.47. The van der Waals surface area contributed by atoms with Crippen LogP contribution in [0.4, 0.5) is 0 Å². The van der Waals surface area contributed by atoms with Crippen LogP contribution < -0.4 is 11.1 Å². The second-order valence-electron chi connectivity index (χ2n) is 5.34. The number of hydrogen-bond acceptors (Lipinski definition) is 4. The normalized spacial score (nSPS) is 20.0. The van der Waals surface area contributed by atoms with Gasteiger partial charge in [-0.25, -0.2) is 0 Å². The molecule has 6 heteroatoms. The van der Waals surface area contributed by atoms with E-state index >= 15 is 0 Å². The lowest BCUT2D eigenvalue weighted by atomic mass is 10.1. The molecule has 3 N–H and O–H groups in total. The van der Waals surface area contributed by atoms with Crippen LogP contribution in [0.2, 0.25) is 0 Å². The molecule has 1 heterocycles. The van der Waals surface area contributed by atoms with Crippen molar-refractivity contribution in [1.29, 1.82) is 0 Å². The average Bonchev–Trinajstić information content (AvgIpc) is 2.74. The summed E-state index contributed by atoms with van der Waals surface area (Å²) in [5.74, 6) is 1.26. The second kappa shape index (κ2) is 6.43. The third kappa shape index (κ3) is 4.49. The van der Waals surface area contributed by atoms with Gasteiger partial charge in [0.25, 0.3) is 0 Å². The monoisotopic (exact) mass is 273 g/mol. The van der Waals surface area contributed by atoms with Gasteiger partial charge in [0.2, 0.25) is 11.8 Å². The smallest absolute Gasteiger partial charge is 0.243 e. The van der Waals surface area contributed by atoms with Gasteiger partial charge >= 0.3 is 0 Å². The molecule has 104 valence electrons. The van der Waals surface area contributed by atoms with E-state index in [0.29, 0.717) is 24.6 Å². The van der Waals surface area contributed by atoms with E-state index in [-0.39, 0.29) is 17.9 Å². The highest BCUT2D eigenvalue weighted by Gasteiger charge is 2.34. The molecule has 1 atom stereocenters. The molecule has 0 aliphatic carbocycles. The van der Waals surface area contributed by atoms with Crippen molar-refractivity contribution in [3.05, 3.63) is 0 Å². The first-order valence-corrected chi connectivity index (χ1v) is 7.44. The van der Waals surface area contributed by atoms with Gasteiger partial charge in [0.1, 0.15) is 6.04 Å². The summed E-state index contributed by atoms with van der Waals surface area (Å²) in [6.45, 7) is 6.10.